The van der Waals surface area contributed by atoms with Crippen LogP contribution in [0.25, 0.3) is 0 Å². The van der Waals surface area contributed by atoms with Crippen molar-refractivity contribution in [2.45, 2.75) is 12.5 Å². The lowest BCUT2D eigenvalue weighted by atomic mass is 10.0. The SMILES string of the molecule is CNC(=O)[C@]1(C)CN(C(=O)c2cnco2)CCO1. The van der Waals surface area contributed by atoms with E-state index in [1.165, 1.54) is 24.5 Å². The highest BCUT2D eigenvalue weighted by Gasteiger charge is 2.40. The third-order valence-electron chi connectivity index (χ3n) is 2.91. The molecule has 0 aliphatic carbocycles. The molecule has 1 aromatic heterocycles. The van der Waals surface area contributed by atoms with Gasteiger partial charge >= 0.3 is 0 Å². The average molecular weight is 253 g/mol. The zero-order chi connectivity index (χ0) is 13.2. The van der Waals surface area contributed by atoms with E-state index < -0.39 is 5.60 Å². The Labute approximate surface area is 104 Å². The number of oxazole rings is 1. The number of nitrogens with one attached hydrogen (secondary N) is 1. The van der Waals surface area contributed by atoms with Crippen LogP contribution in [-0.4, -0.2) is 54.0 Å². The Balaban J connectivity index is 2.12. The van der Waals surface area contributed by atoms with Crippen molar-refractivity contribution in [3.05, 3.63) is 18.4 Å². The highest BCUT2D eigenvalue weighted by atomic mass is 16.5. The highest BCUT2D eigenvalue weighted by Crippen LogP contribution is 2.19. The molecule has 1 saturated heterocycles. The van der Waals surface area contributed by atoms with Crippen molar-refractivity contribution >= 4 is 11.8 Å². The molecule has 0 unspecified atom stereocenters. The van der Waals surface area contributed by atoms with Crippen molar-refractivity contribution < 1.29 is 18.7 Å². The number of hydrogen-bond acceptors (Lipinski definition) is 5. The summed E-state index contributed by atoms with van der Waals surface area (Å²) in [6, 6.07) is 0. The van der Waals surface area contributed by atoms with Gasteiger partial charge in [0.25, 0.3) is 11.8 Å². The number of carbonyl (C=O) groups is 2. The van der Waals surface area contributed by atoms with Crippen molar-refractivity contribution in [3.8, 4) is 0 Å². The summed E-state index contributed by atoms with van der Waals surface area (Å²) < 4.78 is 10.4. The molecular formula is C11H15N3O4. The minimum atomic E-state index is -1.03. The third kappa shape index (κ3) is 2.21. The van der Waals surface area contributed by atoms with Crippen molar-refractivity contribution in [1.29, 1.82) is 0 Å². The van der Waals surface area contributed by atoms with Gasteiger partial charge in [0.05, 0.1) is 19.3 Å². The molecule has 1 aromatic rings. The minimum Gasteiger partial charge on any atom is -0.438 e. The molecule has 0 spiro atoms. The van der Waals surface area contributed by atoms with Gasteiger partial charge in [0.15, 0.2) is 12.0 Å². The van der Waals surface area contributed by atoms with Crippen LogP contribution >= 0.6 is 0 Å². The summed E-state index contributed by atoms with van der Waals surface area (Å²) in [6.45, 7) is 2.58. The monoisotopic (exact) mass is 253 g/mol. The van der Waals surface area contributed by atoms with E-state index in [4.69, 9.17) is 9.15 Å². The van der Waals surface area contributed by atoms with Crippen LogP contribution in [0, 0.1) is 0 Å². The number of amides is 2. The van der Waals surface area contributed by atoms with E-state index >= 15 is 0 Å². The van der Waals surface area contributed by atoms with Crippen molar-refractivity contribution in [3.63, 3.8) is 0 Å². The first-order valence-corrected chi connectivity index (χ1v) is 5.61. The smallest absolute Gasteiger partial charge is 0.291 e. The number of likely N-dealkylation sites (N-methyl/N-ethyl adjacent to an activating group) is 1. The molecule has 2 amide bonds. The molecule has 1 aliphatic rings. The van der Waals surface area contributed by atoms with Crippen molar-refractivity contribution in [2.75, 3.05) is 26.7 Å². The number of nitrogens with zero attached hydrogens (tertiary/aromatic N) is 2. The predicted molar refractivity (Wildman–Crippen MR) is 60.8 cm³/mol. The summed E-state index contributed by atoms with van der Waals surface area (Å²) in [5, 5.41) is 2.53. The van der Waals surface area contributed by atoms with E-state index in [0.717, 1.165) is 0 Å². The Hall–Kier alpha value is -1.89. The summed E-state index contributed by atoms with van der Waals surface area (Å²) in [5.41, 5.74) is -1.03. The van der Waals surface area contributed by atoms with Crippen LogP contribution in [0.4, 0.5) is 0 Å². The predicted octanol–water partition coefficient (Wildman–Crippen LogP) is -0.348. The maximum atomic E-state index is 12.1. The van der Waals surface area contributed by atoms with E-state index in [2.05, 4.69) is 10.3 Å². The van der Waals surface area contributed by atoms with Crippen LogP contribution < -0.4 is 5.32 Å². The molecule has 1 atom stereocenters. The number of ether oxygens (including phenoxy) is 1. The zero-order valence-electron chi connectivity index (χ0n) is 10.3. The third-order valence-corrected chi connectivity index (χ3v) is 2.91. The summed E-state index contributed by atoms with van der Waals surface area (Å²) in [4.78, 5) is 29.0. The molecule has 2 rings (SSSR count). The molecule has 1 aliphatic heterocycles. The van der Waals surface area contributed by atoms with E-state index in [1.54, 1.807) is 6.92 Å². The molecule has 0 radical (unpaired) electrons. The summed E-state index contributed by atoms with van der Waals surface area (Å²) in [6.07, 6.45) is 2.56. The van der Waals surface area contributed by atoms with Gasteiger partial charge < -0.3 is 19.4 Å². The number of hydrogen-bond donors (Lipinski definition) is 1. The molecule has 7 heteroatoms. The van der Waals surface area contributed by atoms with Gasteiger partial charge in [-0.05, 0) is 6.92 Å². The minimum absolute atomic E-state index is 0.163. The number of morpholine rings is 1. The standard InChI is InChI=1S/C11H15N3O4/c1-11(10(16)12-2)6-14(3-4-18-11)9(15)8-5-13-7-17-8/h5,7H,3-4,6H2,1-2H3,(H,12,16)/t11-/m0/s1. The Morgan fingerprint density at radius 1 is 1.56 bits per heavy atom. The van der Waals surface area contributed by atoms with Gasteiger partial charge in [-0.3, -0.25) is 9.59 Å². The number of carbonyl (C=O) groups excluding carboxylic acids is 2. The van der Waals surface area contributed by atoms with Gasteiger partial charge in [-0.1, -0.05) is 0 Å². The maximum absolute atomic E-state index is 12.1. The molecule has 1 N–H and O–H groups in total. The maximum Gasteiger partial charge on any atom is 0.291 e. The second-order valence-corrected chi connectivity index (χ2v) is 4.25. The van der Waals surface area contributed by atoms with Gasteiger partial charge in [-0.25, -0.2) is 4.98 Å². The zero-order valence-corrected chi connectivity index (χ0v) is 10.3. The van der Waals surface area contributed by atoms with Crippen LogP contribution in [0.2, 0.25) is 0 Å². The van der Waals surface area contributed by atoms with E-state index in [-0.39, 0.29) is 24.1 Å². The van der Waals surface area contributed by atoms with Crippen LogP contribution in [0.1, 0.15) is 17.5 Å². The molecule has 1 fully saturated rings. The van der Waals surface area contributed by atoms with Gasteiger partial charge in [0, 0.05) is 13.6 Å². The first-order chi connectivity index (χ1) is 8.57. The van der Waals surface area contributed by atoms with Gasteiger partial charge in [0.1, 0.15) is 0 Å². The summed E-state index contributed by atoms with van der Waals surface area (Å²) >= 11 is 0. The molecular weight excluding hydrogens is 238 g/mol. The summed E-state index contributed by atoms with van der Waals surface area (Å²) in [7, 11) is 1.54. The number of aromatic nitrogens is 1. The molecule has 0 bridgehead atoms. The fourth-order valence-corrected chi connectivity index (χ4v) is 1.92. The Morgan fingerprint density at radius 3 is 2.94 bits per heavy atom. The van der Waals surface area contributed by atoms with Crippen LogP contribution in [-0.2, 0) is 9.53 Å². The largest absolute Gasteiger partial charge is 0.438 e. The van der Waals surface area contributed by atoms with Crippen LogP contribution in [0.15, 0.2) is 17.0 Å². The molecule has 18 heavy (non-hydrogen) atoms. The quantitative estimate of drug-likeness (QED) is 0.778. The van der Waals surface area contributed by atoms with E-state index in [9.17, 15) is 9.59 Å². The molecule has 7 nitrogen and oxygen atoms in total. The fourth-order valence-electron chi connectivity index (χ4n) is 1.92. The van der Waals surface area contributed by atoms with Crippen LogP contribution in [0.5, 0.6) is 0 Å². The highest BCUT2D eigenvalue weighted by molar-refractivity contribution is 5.92. The fraction of sp³-hybridized carbons (Fsp3) is 0.545. The Morgan fingerprint density at radius 2 is 2.33 bits per heavy atom. The normalized spacial score (nSPS) is 23.8. The Kier molecular flexibility index (Phi) is 3.33. The molecule has 0 aromatic carbocycles. The first-order valence-electron chi connectivity index (χ1n) is 5.61. The topological polar surface area (TPSA) is 84.7 Å². The van der Waals surface area contributed by atoms with Gasteiger partial charge in [-0.2, -0.15) is 0 Å². The molecule has 0 saturated carbocycles. The van der Waals surface area contributed by atoms with Crippen molar-refractivity contribution in [2.24, 2.45) is 0 Å². The van der Waals surface area contributed by atoms with Crippen LogP contribution in [0.3, 0.4) is 0 Å². The molecule has 98 valence electrons. The lowest BCUT2D eigenvalue weighted by Crippen LogP contribution is -2.58. The molecule has 2 heterocycles. The van der Waals surface area contributed by atoms with E-state index in [1.807, 2.05) is 0 Å². The van der Waals surface area contributed by atoms with Gasteiger partial charge in [-0.15, -0.1) is 0 Å². The lowest BCUT2D eigenvalue weighted by Gasteiger charge is -2.38. The van der Waals surface area contributed by atoms with Crippen molar-refractivity contribution in [1.82, 2.24) is 15.2 Å². The second kappa shape index (κ2) is 4.77. The number of rotatable bonds is 2. The second-order valence-electron chi connectivity index (χ2n) is 4.25. The first kappa shape index (κ1) is 12.6. The average Bonchev–Trinajstić information content (AvgIpc) is 2.90. The lowest BCUT2D eigenvalue weighted by molar-refractivity contribution is -0.153. The van der Waals surface area contributed by atoms with E-state index in [0.29, 0.717) is 13.2 Å². The summed E-state index contributed by atoms with van der Waals surface area (Å²) in [5.74, 6) is -0.375. The van der Waals surface area contributed by atoms with Gasteiger partial charge in [0.2, 0.25) is 5.76 Å². The Bertz CT molecular complexity index is 445.